The van der Waals surface area contributed by atoms with Crippen LogP contribution in [0.4, 0.5) is 10.5 Å². The second-order valence-corrected chi connectivity index (χ2v) is 5.42. The van der Waals surface area contributed by atoms with Crippen molar-refractivity contribution in [2.24, 2.45) is 0 Å². The number of methoxy groups -OCH3 is 1. The molecule has 0 aliphatic rings. The summed E-state index contributed by atoms with van der Waals surface area (Å²) in [6.07, 6.45) is 0. The van der Waals surface area contributed by atoms with Crippen molar-refractivity contribution in [3.63, 3.8) is 0 Å². The standard InChI is InChI=1S/C7H8O.C2H5O.3C2H6O.4FH.Zr/c8-6-7-4-2-1-3-5-7;1-3-2;3*1-2-3;;;;;/h1-5,8H,6H2;1H2,2H3;3*3H,2H2,1H3;4*1H;/q;-1;;;;;;;;+4/p-4. The zero-order chi connectivity index (χ0) is 21.1. The SMILES string of the molecule is CCO.CCO.CCO.OCc1ccccc1.[CH2-]OC.[F][Zr]([F])([F])[F]. The molecule has 0 spiro atoms. The van der Waals surface area contributed by atoms with Crippen LogP contribution in [-0.2, 0) is 34.0 Å². The van der Waals surface area contributed by atoms with Gasteiger partial charge in [-0.25, -0.2) is 7.11 Å². The van der Waals surface area contributed by atoms with Gasteiger partial charge in [-0.3, -0.25) is 0 Å². The summed E-state index contributed by atoms with van der Waals surface area (Å²) in [5, 5.41) is 31.2. The molecule has 0 heterocycles. The average molecular weight is 459 g/mol. The molecule has 1 rings (SSSR count). The van der Waals surface area contributed by atoms with Crippen LogP contribution in [0, 0.1) is 7.11 Å². The van der Waals surface area contributed by atoms with Crippen molar-refractivity contribution in [1.82, 2.24) is 0 Å². The van der Waals surface area contributed by atoms with Crippen molar-refractivity contribution in [1.29, 1.82) is 0 Å². The van der Waals surface area contributed by atoms with Gasteiger partial charge in [0.25, 0.3) is 0 Å². The topological polar surface area (TPSA) is 90.2 Å². The van der Waals surface area contributed by atoms with E-state index in [0.29, 0.717) is 0 Å². The third-order valence-corrected chi connectivity index (χ3v) is 1.03. The van der Waals surface area contributed by atoms with Crippen molar-refractivity contribution in [2.75, 3.05) is 26.9 Å². The van der Waals surface area contributed by atoms with Gasteiger partial charge >= 0.3 is 33.2 Å². The summed E-state index contributed by atoms with van der Waals surface area (Å²) in [6, 6.07) is 9.52. The van der Waals surface area contributed by atoms with Crippen LogP contribution in [0.2, 0.25) is 0 Å². The van der Waals surface area contributed by atoms with E-state index in [2.05, 4.69) is 11.8 Å². The number of rotatable bonds is 1. The van der Waals surface area contributed by atoms with E-state index in [-0.39, 0.29) is 26.4 Å². The van der Waals surface area contributed by atoms with E-state index < -0.39 is 22.7 Å². The minimum absolute atomic E-state index is 0.140. The van der Waals surface area contributed by atoms with Crippen LogP contribution < -0.4 is 0 Å². The molecular formula is C15H31F4O5Zr-. The summed E-state index contributed by atoms with van der Waals surface area (Å²) >= 11 is -7.18. The van der Waals surface area contributed by atoms with Gasteiger partial charge in [-0.2, -0.15) is 0 Å². The molecule has 0 saturated heterocycles. The molecule has 0 amide bonds. The molecule has 0 aliphatic carbocycles. The first kappa shape index (κ1) is 35.7. The Morgan fingerprint density at radius 3 is 1.16 bits per heavy atom. The Morgan fingerprint density at radius 1 is 0.840 bits per heavy atom. The fourth-order valence-corrected chi connectivity index (χ4v) is 0.583. The molecule has 0 unspecified atom stereocenters. The molecule has 0 fully saturated rings. The molecule has 0 bridgehead atoms. The molecule has 1 aromatic rings. The molecule has 0 aromatic heterocycles. The second kappa shape index (κ2) is 34.9. The summed E-state index contributed by atoms with van der Waals surface area (Å²) in [5.41, 5.74) is 0.965. The van der Waals surface area contributed by atoms with Crippen molar-refractivity contribution < 1.29 is 58.4 Å². The van der Waals surface area contributed by atoms with Gasteiger partial charge in [-0.15, -0.1) is 0 Å². The molecule has 154 valence electrons. The average Bonchev–Trinajstić information content (AvgIpc) is 2.50. The maximum atomic E-state index is 9.90. The first-order valence-corrected chi connectivity index (χ1v) is 10.8. The van der Waals surface area contributed by atoms with Crippen molar-refractivity contribution in [3.05, 3.63) is 43.0 Å². The van der Waals surface area contributed by atoms with Gasteiger partial charge < -0.3 is 25.2 Å². The molecule has 1 aromatic carbocycles. The Kier molecular flexibility index (Phi) is 49.8. The predicted octanol–water partition coefficient (Wildman–Crippen LogP) is 3.28. The Labute approximate surface area is 155 Å². The Bertz CT molecular complexity index is 277. The summed E-state index contributed by atoms with van der Waals surface area (Å²) in [7, 11) is 4.50. The molecule has 0 aliphatic heterocycles. The van der Waals surface area contributed by atoms with Crippen LogP contribution in [-0.4, -0.2) is 47.4 Å². The minimum atomic E-state index is -7.18. The number of hydrogen-bond donors (Lipinski definition) is 4. The predicted molar refractivity (Wildman–Crippen MR) is 87.4 cm³/mol. The van der Waals surface area contributed by atoms with Crippen LogP contribution in [0.1, 0.15) is 26.3 Å². The van der Waals surface area contributed by atoms with Gasteiger partial charge in [0.15, 0.2) is 0 Å². The van der Waals surface area contributed by atoms with E-state index in [4.69, 9.17) is 20.4 Å². The van der Waals surface area contributed by atoms with E-state index in [1.54, 1.807) is 20.8 Å². The van der Waals surface area contributed by atoms with E-state index in [0.717, 1.165) is 5.56 Å². The molecule has 5 nitrogen and oxygen atoms in total. The van der Waals surface area contributed by atoms with Gasteiger partial charge in [0.1, 0.15) is 0 Å². The summed E-state index contributed by atoms with van der Waals surface area (Å²) in [4.78, 5) is 0. The Hall–Kier alpha value is -0.377. The van der Waals surface area contributed by atoms with Gasteiger partial charge in [0.05, 0.1) is 6.61 Å². The number of aliphatic hydroxyl groups is 4. The van der Waals surface area contributed by atoms with Crippen LogP contribution in [0.3, 0.4) is 0 Å². The van der Waals surface area contributed by atoms with Crippen LogP contribution in [0.5, 0.6) is 0 Å². The number of benzene rings is 1. The van der Waals surface area contributed by atoms with Crippen LogP contribution in [0.25, 0.3) is 0 Å². The van der Waals surface area contributed by atoms with Gasteiger partial charge in [0, 0.05) is 19.8 Å². The second-order valence-electron chi connectivity index (χ2n) is 3.31. The van der Waals surface area contributed by atoms with Crippen molar-refractivity contribution in [2.45, 2.75) is 27.4 Å². The summed E-state index contributed by atoms with van der Waals surface area (Å²) < 4.78 is 43.6. The third kappa shape index (κ3) is 119. The van der Waals surface area contributed by atoms with Gasteiger partial charge in [-0.1, -0.05) is 30.3 Å². The first-order valence-electron chi connectivity index (χ1n) is 7.10. The third-order valence-electron chi connectivity index (χ3n) is 1.03. The summed E-state index contributed by atoms with van der Waals surface area (Å²) in [6.45, 7) is 5.93. The molecule has 25 heavy (non-hydrogen) atoms. The quantitative estimate of drug-likeness (QED) is 0.383. The molecule has 0 atom stereocenters. The molecule has 0 saturated carbocycles. The van der Waals surface area contributed by atoms with E-state index in [1.807, 2.05) is 30.3 Å². The van der Waals surface area contributed by atoms with Gasteiger partial charge in [-0.05, 0) is 33.4 Å². The van der Waals surface area contributed by atoms with E-state index >= 15 is 0 Å². The van der Waals surface area contributed by atoms with Crippen LogP contribution in [0.15, 0.2) is 30.3 Å². The zero-order valence-electron chi connectivity index (χ0n) is 15.1. The monoisotopic (exact) mass is 457 g/mol. The molecule has 0 radical (unpaired) electrons. The zero-order valence-corrected chi connectivity index (χ0v) is 17.6. The Morgan fingerprint density at radius 2 is 1.04 bits per heavy atom. The van der Waals surface area contributed by atoms with Crippen molar-refractivity contribution in [3.8, 4) is 0 Å². The van der Waals surface area contributed by atoms with Crippen LogP contribution >= 0.6 is 0 Å². The fraction of sp³-hybridized carbons (Fsp3) is 0.533. The maximum absolute atomic E-state index is 9.90. The Balaban J connectivity index is -0.0000000689. The fourth-order valence-electron chi connectivity index (χ4n) is 0.583. The molecular weight excluding hydrogens is 427 g/mol. The normalized spacial score (nSPS) is 8.20. The van der Waals surface area contributed by atoms with E-state index in [1.165, 1.54) is 7.11 Å². The summed E-state index contributed by atoms with van der Waals surface area (Å²) in [5.74, 6) is 0. The van der Waals surface area contributed by atoms with Gasteiger partial charge in [0.2, 0.25) is 0 Å². The number of ether oxygens (including phenoxy) is 1. The number of aliphatic hydroxyl groups excluding tert-OH is 4. The first-order chi connectivity index (χ1) is 11.6. The molecule has 10 heteroatoms. The molecule has 4 N–H and O–H groups in total. The van der Waals surface area contributed by atoms with E-state index in [9.17, 15) is 10.5 Å². The number of halogens is 4. The number of hydrogen-bond acceptors (Lipinski definition) is 5. The van der Waals surface area contributed by atoms with Crippen molar-refractivity contribution >= 4 is 0 Å².